The zero-order valence-electron chi connectivity index (χ0n) is 20.1. The molecule has 2 aliphatic rings. The number of hydrogen-bond donors (Lipinski definition) is 3. The molecule has 1 atom stereocenters. The van der Waals surface area contributed by atoms with Crippen LogP contribution in [0.15, 0.2) is 24.3 Å². The number of piperazine rings is 1. The van der Waals surface area contributed by atoms with Crippen LogP contribution in [0.25, 0.3) is 0 Å². The molecular formula is C25H42N4O2+2. The summed E-state index contributed by atoms with van der Waals surface area (Å²) >= 11 is 0. The van der Waals surface area contributed by atoms with E-state index in [2.05, 4.69) is 43.4 Å². The molecule has 1 saturated heterocycles. The second-order valence-corrected chi connectivity index (χ2v) is 10.8. The number of quaternary nitrogens is 2. The highest BCUT2D eigenvalue weighted by Gasteiger charge is 2.36. The fourth-order valence-electron chi connectivity index (χ4n) is 4.37. The first-order chi connectivity index (χ1) is 14.6. The summed E-state index contributed by atoms with van der Waals surface area (Å²) in [5.41, 5.74) is 2.49. The lowest BCUT2D eigenvalue weighted by molar-refractivity contribution is -0.917. The van der Waals surface area contributed by atoms with Gasteiger partial charge < -0.3 is 20.0 Å². The molecule has 1 aromatic rings. The molecule has 2 fully saturated rings. The van der Waals surface area contributed by atoms with Crippen molar-refractivity contribution in [1.29, 1.82) is 0 Å². The molecule has 1 aliphatic carbocycles. The molecule has 0 bridgehead atoms. The van der Waals surface area contributed by atoms with Crippen molar-refractivity contribution in [2.24, 2.45) is 0 Å². The van der Waals surface area contributed by atoms with Crippen molar-refractivity contribution >= 4 is 11.8 Å². The number of benzene rings is 1. The number of nitrogens with one attached hydrogen (secondary N) is 3. The monoisotopic (exact) mass is 430 g/mol. The Hall–Kier alpha value is -1.92. The van der Waals surface area contributed by atoms with Gasteiger partial charge in [0.15, 0.2) is 13.1 Å². The van der Waals surface area contributed by atoms with Crippen molar-refractivity contribution in [3.63, 3.8) is 0 Å². The minimum absolute atomic E-state index is 0.0927. The summed E-state index contributed by atoms with van der Waals surface area (Å²) in [6.07, 6.45) is 2.46. The molecule has 0 spiro atoms. The van der Waals surface area contributed by atoms with Crippen LogP contribution in [-0.2, 0) is 16.1 Å². The van der Waals surface area contributed by atoms with Gasteiger partial charge in [0.05, 0.1) is 32.2 Å². The molecule has 1 aliphatic heterocycles. The lowest BCUT2D eigenvalue weighted by Crippen LogP contribution is -3.16. The van der Waals surface area contributed by atoms with E-state index in [0.29, 0.717) is 25.0 Å². The highest BCUT2D eigenvalue weighted by Crippen LogP contribution is 2.17. The third-order valence-corrected chi connectivity index (χ3v) is 6.36. The molecule has 172 valence electrons. The van der Waals surface area contributed by atoms with Gasteiger partial charge in [-0.1, -0.05) is 38.1 Å². The largest absolute Gasteiger partial charge is 0.347 e. The van der Waals surface area contributed by atoms with Gasteiger partial charge in [0, 0.05) is 23.9 Å². The first kappa shape index (κ1) is 23.7. The number of amides is 2. The molecule has 31 heavy (non-hydrogen) atoms. The van der Waals surface area contributed by atoms with E-state index in [0.717, 1.165) is 32.7 Å². The summed E-state index contributed by atoms with van der Waals surface area (Å²) in [4.78, 5) is 29.9. The quantitative estimate of drug-likeness (QED) is 0.544. The van der Waals surface area contributed by atoms with Crippen LogP contribution in [0.3, 0.4) is 0 Å². The SMILES string of the molecule is CC(C)c1ccc(C[NH+](CC(=O)N2CC[NH+](CC(=O)NC(C)(C)C)CC2)C2CC2)cc1. The predicted molar refractivity (Wildman–Crippen MR) is 123 cm³/mol. The second-order valence-electron chi connectivity index (χ2n) is 10.8. The average Bonchev–Trinajstić information content (AvgIpc) is 3.52. The lowest BCUT2D eigenvalue weighted by atomic mass is 10.0. The van der Waals surface area contributed by atoms with E-state index in [9.17, 15) is 9.59 Å². The van der Waals surface area contributed by atoms with E-state index in [1.165, 1.54) is 33.8 Å². The number of rotatable bonds is 8. The van der Waals surface area contributed by atoms with Crippen LogP contribution in [0, 0.1) is 0 Å². The minimum atomic E-state index is -0.196. The summed E-state index contributed by atoms with van der Waals surface area (Å²) in [6, 6.07) is 9.54. The molecule has 3 N–H and O–H groups in total. The number of hydrogen-bond acceptors (Lipinski definition) is 2. The van der Waals surface area contributed by atoms with E-state index < -0.39 is 0 Å². The maximum Gasteiger partial charge on any atom is 0.278 e. The molecule has 1 heterocycles. The smallest absolute Gasteiger partial charge is 0.278 e. The van der Waals surface area contributed by atoms with Crippen LogP contribution < -0.4 is 15.1 Å². The zero-order valence-corrected chi connectivity index (χ0v) is 20.1. The van der Waals surface area contributed by atoms with Crippen LogP contribution in [0.1, 0.15) is 64.5 Å². The highest BCUT2D eigenvalue weighted by atomic mass is 16.2. The average molecular weight is 431 g/mol. The van der Waals surface area contributed by atoms with Crippen molar-refractivity contribution in [3.8, 4) is 0 Å². The molecule has 0 radical (unpaired) electrons. The summed E-state index contributed by atoms with van der Waals surface area (Å²) in [6.45, 7) is 15.6. The van der Waals surface area contributed by atoms with Crippen LogP contribution >= 0.6 is 0 Å². The van der Waals surface area contributed by atoms with Gasteiger partial charge >= 0.3 is 0 Å². The molecule has 2 amide bonds. The van der Waals surface area contributed by atoms with Crippen molar-refractivity contribution < 1.29 is 19.4 Å². The van der Waals surface area contributed by atoms with Gasteiger partial charge in [0.1, 0.15) is 6.54 Å². The summed E-state index contributed by atoms with van der Waals surface area (Å²) < 4.78 is 0. The Bertz CT molecular complexity index is 742. The maximum absolute atomic E-state index is 13.0. The van der Waals surface area contributed by atoms with Gasteiger partial charge in [0.2, 0.25) is 0 Å². The molecule has 0 aromatic heterocycles. The van der Waals surface area contributed by atoms with E-state index in [1.807, 2.05) is 25.7 Å². The molecule has 6 nitrogen and oxygen atoms in total. The fourth-order valence-corrected chi connectivity index (χ4v) is 4.37. The predicted octanol–water partition coefficient (Wildman–Crippen LogP) is -0.000900. The normalized spacial score (nSPS) is 18.8. The third kappa shape index (κ3) is 7.62. The van der Waals surface area contributed by atoms with Gasteiger partial charge in [-0.05, 0) is 32.3 Å². The maximum atomic E-state index is 13.0. The molecule has 3 rings (SSSR count). The van der Waals surface area contributed by atoms with Gasteiger partial charge in [-0.3, -0.25) is 9.59 Å². The first-order valence-corrected chi connectivity index (χ1v) is 12.0. The van der Waals surface area contributed by atoms with Crippen LogP contribution in [0.2, 0.25) is 0 Å². The molecule has 1 aromatic carbocycles. The van der Waals surface area contributed by atoms with Crippen LogP contribution in [0.4, 0.5) is 0 Å². The Kier molecular flexibility index (Phi) is 7.76. The minimum Gasteiger partial charge on any atom is -0.347 e. The molecule has 6 heteroatoms. The molecule has 1 saturated carbocycles. The standard InChI is InChI=1S/C25H40N4O2/c1-19(2)21-8-6-20(7-9-21)16-29(22-10-11-22)18-24(31)28-14-12-27(13-15-28)17-23(30)26-25(3,4)5/h6-9,19,22H,10-18H2,1-5H3,(H,26,30)/p+2. The topological polar surface area (TPSA) is 58.3 Å². The third-order valence-electron chi connectivity index (χ3n) is 6.36. The Morgan fingerprint density at radius 1 is 1.13 bits per heavy atom. The van der Waals surface area contributed by atoms with Crippen LogP contribution in [-0.4, -0.2) is 67.6 Å². The van der Waals surface area contributed by atoms with E-state index in [4.69, 9.17) is 0 Å². The summed E-state index contributed by atoms with van der Waals surface area (Å²) in [5.74, 6) is 0.900. The van der Waals surface area contributed by atoms with Crippen molar-refractivity contribution in [2.45, 2.75) is 71.5 Å². The van der Waals surface area contributed by atoms with Gasteiger partial charge in [-0.25, -0.2) is 0 Å². The van der Waals surface area contributed by atoms with Crippen molar-refractivity contribution in [1.82, 2.24) is 10.2 Å². The number of carbonyl (C=O) groups excluding carboxylic acids is 2. The lowest BCUT2D eigenvalue weighted by Gasteiger charge is -2.33. The van der Waals surface area contributed by atoms with Crippen molar-refractivity contribution in [3.05, 3.63) is 35.4 Å². The zero-order chi connectivity index (χ0) is 22.6. The number of carbonyl (C=O) groups is 2. The summed E-state index contributed by atoms with van der Waals surface area (Å²) in [7, 11) is 0. The summed E-state index contributed by atoms with van der Waals surface area (Å²) in [5, 5.41) is 3.03. The van der Waals surface area contributed by atoms with Gasteiger partial charge in [-0.15, -0.1) is 0 Å². The molecular weight excluding hydrogens is 388 g/mol. The van der Waals surface area contributed by atoms with Gasteiger partial charge in [0.25, 0.3) is 11.8 Å². The fraction of sp³-hybridized carbons (Fsp3) is 0.680. The van der Waals surface area contributed by atoms with Gasteiger partial charge in [-0.2, -0.15) is 0 Å². The Morgan fingerprint density at radius 2 is 1.74 bits per heavy atom. The van der Waals surface area contributed by atoms with E-state index in [-0.39, 0.29) is 17.4 Å². The number of nitrogens with zero attached hydrogens (tertiary/aromatic N) is 1. The first-order valence-electron chi connectivity index (χ1n) is 12.0. The van der Waals surface area contributed by atoms with Crippen LogP contribution in [0.5, 0.6) is 0 Å². The second kappa shape index (κ2) is 10.1. The van der Waals surface area contributed by atoms with E-state index >= 15 is 0 Å². The van der Waals surface area contributed by atoms with Crippen molar-refractivity contribution in [2.75, 3.05) is 39.3 Å². The Balaban J connectivity index is 1.47. The Morgan fingerprint density at radius 3 is 2.26 bits per heavy atom. The highest BCUT2D eigenvalue weighted by molar-refractivity contribution is 5.78. The molecule has 1 unspecified atom stereocenters. The van der Waals surface area contributed by atoms with E-state index in [1.54, 1.807) is 0 Å². The Labute approximate surface area is 188 Å².